The molecule has 2 aliphatic carbocycles. The van der Waals surface area contributed by atoms with Crippen molar-refractivity contribution < 1.29 is 0 Å². The smallest absolute Gasteiger partial charge is 0.0124 e. The van der Waals surface area contributed by atoms with Crippen molar-refractivity contribution >= 4 is 0 Å². The van der Waals surface area contributed by atoms with Gasteiger partial charge in [0.1, 0.15) is 0 Å². The third-order valence-corrected chi connectivity index (χ3v) is 5.94. The summed E-state index contributed by atoms with van der Waals surface area (Å²) >= 11 is 0. The molecule has 3 aliphatic rings. The Bertz CT molecular complexity index is 313. The molecule has 0 aromatic carbocycles. The minimum absolute atomic E-state index is 0.488. The van der Waals surface area contributed by atoms with E-state index >= 15 is 0 Å². The van der Waals surface area contributed by atoms with Gasteiger partial charge >= 0.3 is 0 Å². The number of piperidine rings is 1. The molecule has 2 saturated carbocycles. The third kappa shape index (κ3) is 3.57. The van der Waals surface area contributed by atoms with Crippen LogP contribution < -0.4 is 5.32 Å². The maximum Gasteiger partial charge on any atom is 0.0124 e. The Morgan fingerprint density at radius 2 is 1.90 bits per heavy atom. The van der Waals surface area contributed by atoms with E-state index in [1.807, 2.05) is 0 Å². The predicted molar refractivity (Wildman–Crippen MR) is 86.0 cm³/mol. The maximum atomic E-state index is 3.80. The van der Waals surface area contributed by atoms with Crippen LogP contribution in [-0.4, -0.2) is 36.6 Å². The van der Waals surface area contributed by atoms with Crippen molar-refractivity contribution in [3.8, 4) is 0 Å². The molecule has 3 atom stereocenters. The molecule has 2 heteroatoms. The molecule has 20 heavy (non-hydrogen) atoms. The van der Waals surface area contributed by atoms with E-state index in [4.69, 9.17) is 0 Å². The zero-order chi connectivity index (χ0) is 14.0. The van der Waals surface area contributed by atoms with Crippen LogP contribution in [0, 0.1) is 11.3 Å². The number of likely N-dealkylation sites (tertiary alicyclic amines) is 1. The Morgan fingerprint density at radius 3 is 2.65 bits per heavy atom. The first-order valence-corrected chi connectivity index (χ1v) is 9.18. The standard InChI is InChI=1S/C18H34N2/c1-3-11-18(2,13-19-16-9-10-16)14-20-12-5-7-15-6-4-8-17(15)20/h15-17,19H,3-14H2,1-2H3. The number of rotatable bonds is 7. The molecule has 0 aromatic heterocycles. The summed E-state index contributed by atoms with van der Waals surface area (Å²) in [6.07, 6.45) is 12.9. The van der Waals surface area contributed by atoms with Crippen molar-refractivity contribution in [2.45, 2.75) is 83.7 Å². The Labute approximate surface area is 125 Å². The molecule has 1 heterocycles. The van der Waals surface area contributed by atoms with E-state index in [1.54, 1.807) is 0 Å². The second-order valence-electron chi connectivity index (χ2n) is 8.09. The van der Waals surface area contributed by atoms with Crippen LogP contribution in [0.2, 0.25) is 0 Å². The highest BCUT2D eigenvalue weighted by atomic mass is 15.2. The fourth-order valence-corrected chi connectivity index (χ4v) is 4.75. The van der Waals surface area contributed by atoms with Gasteiger partial charge in [-0.15, -0.1) is 0 Å². The van der Waals surface area contributed by atoms with Gasteiger partial charge in [0.05, 0.1) is 0 Å². The second kappa shape index (κ2) is 6.36. The summed E-state index contributed by atoms with van der Waals surface area (Å²) < 4.78 is 0. The van der Waals surface area contributed by atoms with Gasteiger partial charge in [-0.3, -0.25) is 4.90 Å². The Balaban J connectivity index is 1.58. The molecule has 0 bridgehead atoms. The van der Waals surface area contributed by atoms with E-state index in [-0.39, 0.29) is 0 Å². The number of fused-ring (bicyclic) bond motifs is 1. The summed E-state index contributed by atoms with van der Waals surface area (Å²) in [5, 5.41) is 3.80. The lowest BCUT2D eigenvalue weighted by Gasteiger charge is -2.43. The summed E-state index contributed by atoms with van der Waals surface area (Å²) in [6.45, 7) is 8.82. The van der Waals surface area contributed by atoms with Gasteiger partial charge in [-0.2, -0.15) is 0 Å². The molecule has 1 aliphatic heterocycles. The van der Waals surface area contributed by atoms with Crippen molar-refractivity contribution in [3.05, 3.63) is 0 Å². The molecule has 3 unspecified atom stereocenters. The molecule has 0 amide bonds. The highest BCUT2D eigenvalue weighted by Gasteiger charge is 2.38. The van der Waals surface area contributed by atoms with Crippen LogP contribution in [0.4, 0.5) is 0 Å². The number of nitrogens with one attached hydrogen (secondary N) is 1. The molecule has 2 nitrogen and oxygen atoms in total. The van der Waals surface area contributed by atoms with Crippen LogP contribution in [0.5, 0.6) is 0 Å². The van der Waals surface area contributed by atoms with Gasteiger partial charge in [-0.25, -0.2) is 0 Å². The van der Waals surface area contributed by atoms with Gasteiger partial charge in [-0.1, -0.05) is 26.7 Å². The monoisotopic (exact) mass is 278 g/mol. The number of hydrogen-bond acceptors (Lipinski definition) is 2. The van der Waals surface area contributed by atoms with E-state index in [2.05, 4.69) is 24.1 Å². The summed E-state index contributed by atoms with van der Waals surface area (Å²) in [7, 11) is 0. The first kappa shape index (κ1) is 14.8. The van der Waals surface area contributed by atoms with E-state index in [0.717, 1.165) is 18.0 Å². The fourth-order valence-electron chi connectivity index (χ4n) is 4.75. The van der Waals surface area contributed by atoms with Crippen LogP contribution in [0.3, 0.4) is 0 Å². The molecule has 0 spiro atoms. The van der Waals surface area contributed by atoms with Gasteiger partial charge in [0.25, 0.3) is 0 Å². The molecular formula is C18H34N2. The van der Waals surface area contributed by atoms with E-state index < -0.39 is 0 Å². The van der Waals surface area contributed by atoms with Crippen molar-refractivity contribution in [2.75, 3.05) is 19.6 Å². The lowest BCUT2D eigenvalue weighted by Crippen LogP contribution is -2.50. The topological polar surface area (TPSA) is 15.3 Å². The van der Waals surface area contributed by atoms with E-state index in [1.165, 1.54) is 77.4 Å². The highest BCUT2D eigenvalue weighted by Crippen LogP contribution is 2.39. The van der Waals surface area contributed by atoms with Crippen molar-refractivity contribution in [2.24, 2.45) is 11.3 Å². The quantitative estimate of drug-likeness (QED) is 0.762. The molecule has 0 aromatic rings. The van der Waals surface area contributed by atoms with Crippen molar-refractivity contribution in [1.82, 2.24) is 10.2 Å². The highest BCUT2D eigenvalue weighted by molar-refractivity contribution is 4.93. The Morgan fingerprint density at radius 1 is 1.10 bits per heavy atom. The molecule has 116 valence electrons. The average molecular weight is 278 g/mol. The lowest BCUT2D eigenvalue weighted by atomic mass is 9.82. The van der Waals surface area contributed by atoms with Gasteiger partial charge in [-0.05, 0) is 62.8 Å². The first-order chi connectivity index (χ1) is 9.70. The molecule has 3 fully saturated rings. The largest absolute Gasteiger partial charge is 0.313 e. The zero-order valence-electron chi connectivity index (χ0n) is 13.7. The minimum atomic E-state index is 0.488. The van der Waals surface area contributed by atoms with Crippen LogP contribution in [0.25, 0.3) is 0 Å². The first-order valence-electron chi connectivity index (χ1n) is 9.18. The van der Waals surface area contributed by atoms with Gasteiger partial charge in [0.15, 0.2) is 0 Å². The third-order valence-electron chi connectivity index (χ3n) is 5.94. The molecule has 3 rings (SSSR count). The van der Waals surface area contributed by atoms with Crippen LogP contribution in [0.15, 0.2) is 0 Å². The Hall–Kier alpha value is -0.0800. The van der Waals surface area contributed by atoms with Crippen molar-refractivity contribution in [3.63, 3.8) is 0 Å². The lowest BCUT2D eigenvalue weighted by molar-refractivity contribution is 0.0605. The molecule has 1 N–H and O–H groups in total. The SMILES string of the molecule is CCCC(C)(CNC1CC1)CN1CCCC2CCCC21. The summed E-state index contributed by atoms with van der Waals surface area (Å²) in [5.41, 5.74) is 0.488. The number of hydrogen-bond donors (Lipinski definition) is 1. The summed E-state index contributed by atoms with van der Waals surface area (Å²) in [6, 6.07) is 1.78. The van der Waals surface area contributed by atoms with Crippen molar-refractivity contribution in [1.29, 1.82) is 0 Å². The molecule has 1 saturated heterocycles. The zero-order valence-corrected chi connectivity index (χ0v) is 13.7. The van der Waals surface area contributed by atoms with Gasteiger partial charge in [0, 0.05) is 25.2 Å². The van der Waals surface area contributed by atoms with E-state index in [0.29, 0.717) is 5.41 Å². The number of nitrogens with zero attached hydrogens (tertiary/aromatic N) is 1. The minimum Gasteiger partial charge on any atom is -0.313 e. The molecule has 0 radical (unpaired) electrons. The van der Waals surface area contributed by atoms with E-state index in [9.17, 15) is 0 Å². The summed E-state index contributed by atoms with van der Waals surface area (Å²) in [4.78, 5) is 2.88. The average Bonchev–Trinajstić information content (AvgIpc) is 3.13. The van der Waals surface area contributed by atoms with Gasteiger partial charge in [0.2, 0.25) is 0 Å². The second-order valence-corrected chi connectivity index (χ2v) is 8.09. The maximum absolute atomic E-state index is 3.80. The predicted octanol–water partition coefficient (Wildman–Crippen LogP) is 3.81. The van der Waals surface area contributed by atoms with Crippen LogP contribution in [-0.2, 0) is 0 Å². The summed E-state index contributed by atoms with van der Waals surface area (Å²) in [5.74, 6) is 1.03. The van der Waals surface area contributed by atoms with Gasteiger partial charge < -0.3 is 5.32 Å². The van der Waals surface area contributed by atoms with Crippen LogP contribution >= 0.6 is 0 Å². The van der Waals surface area contributed by atoms with Crippen LogP contribution in [0.1, 0.15) is 71.6 Å². The fraction of sp³-hybridized carbons (Fsp3) is 1.00. The Kier molecular flexibility index (Phi) is 4.72. The molecular weight excluding hydrogens is 244 g/mol. The normalized spacial score (nSPS) is 33.9.